The van der Waals surface area contributed by atoms with Gasteiger partial charge in [-0.2, -0.15) is 0 Å². The van der Waals surface area contributed by atoms with Crippen molar-refractivity contribution in [3.8, 4) is 11.4 Å². The van der Waals surface area contributed by atoms with Gasteiger partial charge in [0.25, 0.3) is 0 Å². The van der Waals surface area contributed by atoms with Gasteiger partial charge in [-0.15, -0.1) is 21.5 Å². The molecule has 4 heterocycles. The van der Waals surface area contributed by atoms with Gasteiger partial charge >= 0.3 is 0 Å². The molecule has 0 aromatic carbocycles. The van der Waals surface area contributed by atoms with Crippen molar-refractivity contribution in [1.82, 2.24) is 24.6 Å². The lowest BCUT2D eigenvalue weighted by Gasteiger charge is -2.16. The highest BCUT2D eigenvalue weighted by atomic mass is 32.2. The first-order valence-electron chi connectivity index (χ1n) is 8.96. The van der Waals surface area contributed by atoms with Crippen LogP contribution in [0.4, 0.5) is 0 Å². The van der Waals surface area contributed by atoms with E-state index in [1.165, 1.54) is 11.8 Å². The summed E-state index contributed by atoms with van der Waals surface area (Å²) in [7, 11) is 1.82. The average molecular weight is 426 g/mol. The van der Waals surface area contributed by atoms with Gasteiger partial charge in [-0.3, -0.25) is 14.3 Å². The molecule has 0 radical (unpaired) electrons. The summed E-state index contributed by atoms with van der Waals surface area (Å²) in [6.45, 7) is 1.09. The van der Waals surface area contributed by atoms with Crippen molar-refractivity contribution in [1.29, 1.82) is 0 Å². The highest BCUT2D eigenvalue weighted by Crippen LogP contribution is 2.25. The van der Waals surface area contributed by atoms with E-state index in [-0.39, 0.29) is 11.7 Å². The third kappa shape index (κ3) is 4.75. The molecular formula is C20H19N5O2S2. The van der Waals surface area contributed by atoms with Crippen LogP contribution in [0.2, 0.25) is 0 Å². The number of amides is 1. The molecule has 0 saturated heterocycles. The number of pyridine rings is 1. The highest BCUT2D eigenvalue weighted by Gasteiger charge is 2.18. The molecule has 0 atom stereocenters. The second-order valence-electron chi connectivity index (χ2n) is 6.33. The van der Waals surface area contributed by atoms with Gasteiger partial charge in [0, 0.05) is 29.9 Å². The first kappa shape index (κ1) is 19.4. The topological polar surface area (TPSA) is 77.1 Å². The zero-order valence-corrected chi connectivity index (χ0v) is 17.4. The molecule has 0 saturated carbocycles. The Kier molecular flexibility index (Phi) is 6.06. The number of rotatable bonds is 8. The number of furan rings is 1. The van der Waals surface area contributed by atoms with Crippen molar-refractivity contribution in [2.24, 2.45) is 0 Å². The Balaban J connectivity index is 1.50. The van der Waals surface area contributed by atoms with Gasteiger partial charge in [0.15, 0.2) is 11.0 Å². The molecule has 4 aromatic heterocycles. The molecule has 0 fully saturated rings. The first-order valence-corrected chi connectivity index (χ1v) is 10.8. The van der Waals surface area contributed by atoms with Crippen molar-refractivity contribution in [3.05, 3.63) is 71.1 Å². The van der Waals surface area contributed by atoms with Gasteiger partial charge in [0.05, 0.1) is 25.1 Å². The number of nitrogens with zero attached hydrogens (tertiary/aromatic N) is 5. The number of hydrogen-bond acceptors (Lipinski definition) is 7. The normalized spacial score (nSPS) is 10.9. The fourth-order valence-electron chi connectivity index (χ4n) is 2.77. The van der Waals surface area contributed by atoms with E-state index in [9.17, 15) is 4.79 Å². The Bertz CT molecular complexity index is 1050. The summed E-state index contributed by atoms with van der Waals surface area (Å²) >= 11 is 3.02. The first-order chi connectivity index (χ1) is 14.2. The van der Waals surface area contributed by atoms with Gasteiger partial charge < -0.3 is 9.32 Å². The van der Waals surface area contributed by atoms with E-state index in [0.717, 1.165) is 16.2 Å². The van der Waals surface area contributed by atoms with Crippen LogP contribution in [-0.2, 0) is 17.9 Å². The fourth-order valence-corrected chi connectivity index (χ4v) is 4.40. The Labute approximate surface area is 176 Å². The summed E-state index contributed by atoms with van der Waals surface area (Å²) in [4.78, 5) is 19.6. The summed E-state index contributed by atoms with van der Waals surface area (Å²) in [5.74, 6) is 1.80. The minimum absolute atomic E-state index is 0.0406. The number of aromatic nitrogens is 4. The number of hydrogen-bond donors (Lipinski definition) is 0. The Morgan fingerprint density at radius 1 is 1.24 bits per heavy atom. The molecule has 4 aromatic rings. The molecule has 0 N–H and O–H groups in total. The van der Waals surface area contributed by atoms with Crippen molar-refractivity contribution >= 4 is 29.0 Å². The molecule has 0 aliphatic heterocycles. The summed E-state index contributed by atoms with van der Waals surface area (Å²) in [6, 6.07) is 11.6. The molecule has 0 bridgehead atoms. The van der Waals surface area contributed by atoms with Crippen LogP contribution in [0.5, 0.6) is 0 Å². The van der Waals surface area contributed by atoms with E-state index in [0.29, 0.717) is 24.1 Å². The predicted octanol–water partition coefficient (Wildman–Crippen LogP) is 3.79. The lowest BCUT2D eigenvalue weighted by Crippen LogP contribution is -2.27. The molecular weight excluding hydrogens is 406 g/mol. The van der Waals surface area contributed by atoms with Crippen LogP contribution in [0.25, 0.3) is 11.4 Å². The number of thiophene rings is 1. The molecule has 0 spiro atoms. The zero-order valence-electron chi connectivity index (χ0n) is 15.8. The molecule has 9 heteroatoms. The van der Waals surface area contributed by atoms with Gasteiger partial charge in [0.2, 0.25) is 5.91 Å². The van der Waals surface area contributed by atoms with E-state index in [1.807, 2.05) is 53.4 Å². The maximum atomic E-state index is 12.6. The fraction of sp³-hybridized carbons (Fsp3) is 0.200. The molecule has 29 heavy (non-hydrogen) atoms. The van der Waals surface area contributed by atoms with Gasteiger partial charge in [0.1, 0.15) is 5.76 Å². The molecule has 4 rings (SSSR count). The van der Waals surface area contributed by atoms with Crippen LogP contribution in [0, 0.1) is 0 Å². The van der Waals surface area contributed by atoms with Gasteiger partial charge in [-0.05, 0) is 35.7 Å². The zero-order chi connectivity index (χ0) is 20.1. The smallest absolute Gasteiger partial charge is 0.233 e. The van der Waals surface area contributed by atoms with Gasteiger partial charge in [-0.1, -0.05) is 17.8 Å². The predicted molar refractivity (Wildman–Crippen MR) is 113 cm³/mol. The van der Waals surface area contributed by atoms with Crippen LogP contribution in [0.15, 0.2) is 70.0 Å². The minimum Gasteiger partial charge on any atom is -0.467 e. The average Bonchev–Trinajstić information content (AvgIpc) is 3.50. The van der Waals surface area contributed by atoms with Crippen LogP contribution in [0.1, 0.15) is 10.6 Å². The quantitative estimate of drug-likeness (QED) is 0.400. The number of thioether (sulfide) groups is 1. The van der Waals surface area contributed by atoms with Gasteiger partial charge in [-0.25, -0.2) is 0 Å². The van der Waals surface area contributed by atoms with Crippen LogP contribution >= 0.6 is 23.1 Å². The number of carbonyl (C=O) groups excluding carboxylic acids is 1. The maximum Gasteiger partial charge on any atom is 0.233 e. The second-order valence-corrected chi connectivity index (χ2v) is 8.31. The van der Waals surface area contributed by atoms with E-state index >= 15 is 0 Å². The third-order valence-electron chi connectivity index (χ3n) is 4.25. The van der Waals surface area contributed by atoms with Crippen molar-refractivity contribution in [2.45, 2.75) is 18.2 Å². The summed E-state index contributed by atoms with van der Waals surface area (Å²) < 4.78 is 7.45. The van der Waals surface area contributed by atoms with Crippen LogP contribution in [-0.4, -0.2) is 43.4 Å². The maximum absolute atomic E-state index is 12.6. The molecule has 7 nitrogen and oxygen atoms in total. The molecule has 148 valence electrons. The van der Waals surface area contributed by atoms with E-state index in [2.05, 4.69) is 15.2 Å². The second kappa shape index (κ2) is 9.06. The van der Waals surface area contributed by atoms with Crippen molar-refractivity contribution < 1.29 is 9.21 Å². The standard InChI is InChI=1S/C20H19N5O2S2/c1-24(13-17-7-4-10-28-17)18(26)14-29-20-23-22-19(15-5-2-8-21-11-15)25(20)12-16-6-3-9-27-16/h2-11H,12-14H2,1H3. The summed E-state index contributed by atoms with van der Waals surface area (Å²) in [5.41, 5.74) is 0.861. The van der Waals surface area contributed by atoms with Crippen LogP contribution < -0.4 is 0 Å². The largest absolute Gasteiger partial charge is 0.467 e. The summed E-state index contributed by atoms with van der Waals surface area (Å²) in [6.07, 6.45) is 5.10. The molecule has 0 aliphatic rings. The monoisotopic (exact) mass is 425 g/mol. The van der Waals surface area contributed by atoms with E-state index < -0.39 is 0 Å². The van der Waals surface area contributed by atoms with Crippen LogP contribution in [0.3, 0.4) is 0 Å². The van der Waals surface area contributed by atoms with E-state index in [4.69, 9.17) is 4.42 Å². The van der Waals surface area contributed by atoms with E-state index in [1.54, 1.807) is 34.9 Å². The van der Waals surface area contributed by atoms with Crippen molar-refractivity contribution in [3.63, 3.8) is 0 Å². The third-order valence-corrected chi connectivity index (χ3v) is 6.07. The molecule has 0 aliphatic carbocycles. The summed E-state index contributed by atoms with van der Waals surface area (Å²) in [5, 5.41) is 11.3. The SMILES string of the molecule is CN(Cc1cccs1)C(=O)CSc1nnc(-c2cccnc2)n1Cc1ccco1. The lowest BCUT2D eigenvalue weighted by molar-refractivity contribution is -0.127. The molecule has 0 unspecified atom stereocenters. The lowest BCUT2D eigenvalue weighted by atomic mass is 10.2. The minimum atomic E-state index is 0.0406. The highest BCUT2D eigenvalue weighted by molar-refractivity contribution is 7.99. The Hall–Kier alpha value is -2.91. The Morgan fingerprint density at radius 2 is 2.17 bits per heavy atom. The number of carbonyl (C=O) groups is 1. The van der Waals surface area contributed by atoms with Crippen molar-refractivity contribution in [2.75, 3.05) is 12.8 Å². The Morgan fingerprint density at radius 3 is 2.90 bits per heavy atom. The molecule has 1 amide bonds.